The van der Waals surface area contributed by atoms with Crippen LogP contribution in [0.1, 0.15) is 23.6 Å². The third kappa shape index (κ3) is 2.65. The SMILES string of the molecule is Cc1ccc(C2=Nn3c(nnc3-c3cccc(C)c3)S[C@@H]2C)cc1. The molecule has 1 aliphatic rings. The molecule has 4 rings (SSSR count). The van der Waals surface area contributed by atoms with Crippen LogP contribution in [-0.4, -0.2) is 25.8 Å². The van der Waals surface area contributed by atoms with E-state index in [1.54, 1.807) is 11.8 Å². The molecule has 1 aromatic heterocycles. The van der Waals surface area contributed by atoms with Gasteiger partial charge >= 0.3 is 0 Å². The van der Waals surface area contributed by atoms with Gasteiger partial charge in [0.1, 0.15) is 0 Å². The minimum absolute atomic E-state index is 0.245. The number of nitrogens with zero attached hydrogens (tertiary/aromatic N) is 4. The molecule has 0 amide bonds. The van der Waals surface area contributed by atoms with Gasteiger partial charge in [-0.25, -0.2) is 0 Å². The fourth-order valence-electron chi connectivity index (χ4n) is 2.81. The molecule has 0 fully saturated rings. The van der Waals surface area contributed by atoms with Crippen molar-refractivity contribution in [1.82, 2.24) is 14.9 Å². The lowest BCUT2D eigenvalue weighted by atomic mass is 10.1. The molecule has 24 heavy (non-hydrogen) atoms. The Hall–Kier alpha value is -2.40. The van der Waals surface area contributed by atoms with Crippen molar-refractivity contribution in [3.63, 3.8) is 0 Å². The summed E-state index contributed by atoms with van der Waals surface area (Å²) in [6.07, 6.45) is 0. The highest BCUT2D eigenvalue weighted by Crippen LogP contribution is 2.32. The largest absolute Gasteiger partial charge is 0.213 e. The van der Waals surface area contributed by atoms with E-state index in [1.165, 1.54) is 11.1 Å². The summed E-state index contributed by atoms with van der Waals surface area (Å²) >= 11 is 1.70. The zero-order valence-corrected chi connectivity index (χ0v) is 14.7. The molecule has 0 unspecified atom stereocenters. The van der Waals surface area contributed by atoms with E-state index in [9.17, 15) is 0 Å². The summed E-state index contributed by atoms with van der Waals surface area (Å²) in [4.78, 5) is 0. The van der Waals surface area contributed by atoms with Gasteiger partial charge in [-0.1, -0.05) is 65.4 Å². The van der Waals surface area contributed by atoms with Gasteiger partial charge in [0.05, 0.1) is 11.0 Å². The number of thioether (sulfide) groups is 1. The molecule has 2 heterocycles. The third-order valence-electron chi connectivity index (χ3n) is 4.11. The first-order valence-corrected chi connectivity index (χ1v) is 8.85. The zero-order valence-electron chi connectivity index (χ0n) is 13.9. The Kier molecular flexibility index (Phi) is 3.73. The van der Waals surface area contributed by atoms with Gasteiger partial charge in [0.25, 0.3) is 0 Å². The standard InChI is InChI=1S/C19H18N4S/c1-12-7-9-15(10-8-12)17-14(3)24-19-21-20-18(23(19)22-17)16-6-4-5-13(2)11-16/h4-11,14H,1-3H3/t14-/m1/s1. The summed E-state index contributed by atoms with van der Waals surface area (Å²) in [7, 11) is 0. The van der Waals surface area contributed by atoms with Crippen LogP contribution in [0.2, 0.25) is 0 Å². The van der Waals surface area contributed by atoms with Crippen molar-refractivity contribution in [2.75, 3.05) is 0 Å². The molecule has 0 spiro atoms. The molecule has 2 aromatic carbocycles. The van der Waals surface area contributed by atoms with Gasteiger partial charge in [-0.3, -0.25) is 0 Å². The molecule has 120 valence electrons. The fraction of sp³-hybridized carbons (Fsp3) is 0.211. The Morgan fingerprint density at radius 2 is 1.71 bits per heavy atom. The van der Waals surface area contributed by atoms with Gasteiger partial charge in [-0.15, -0.1) is 10.2 Å². The lowest BCUT2D eigenvalue weighted by molar-refractivity contribution is 0.754. The number of rotatable bonds is 2. The second-order valence-electron chi connectivity index (χ2n) is 6.10. The van der Waals surface area contributed by atoms with Crippen molar-refractivity contribution >= 4 is 17.5 Å². The topological polar surface area (TPSA) is 43.1 Å². The van der Waals surface area contributed by atoms with Crippen LogP contribution in [0.5, 0.6) is 0 Å². The number of aryl methyl sites for hydroxylation is 2. The highest BCUT2D eigenvalue weighted by molar-refractivity contribution is 8.00. The molecule has 1 aliphatic heterocycles. The molecule has 0 saturated carbocycles. The first-order valence-electron chi connectivity index (χ1n) is 7.97. The Morgan fingerprint density at radius 3 is 2.46 bits per heavy atom. The van der Waals surface area contributed by atoms with Crippen LogP contribution < -0.4 is 0 Å². The Labute approximate surface area is 145 Å². The molecule has 0 N–H and O–H groups in total. The molecular weight excluding hydrogens is 316 g/mol. The van der Waals surface area contributed by atoms with E-state index in [0.29, 0.717) is 0 Å². The van der Waals surface area contributed by atoms with E-state index in [4.69, 9.17) is 5.10 Å². The van der Waals surface area contributed by atoms with Crippen molar-refractivity contribution < 1.29 is 0 Å². The van der Waals surface area contributed by atoms with Crippen LogP contribution in [-0.2, 0) is 0 Å². The number of hydrogen-bond donors (Lipinski definition) is 0. The summed E-state index contributed by atoms with van der Waals surface area (Å²) in [5, 5.41) is 14.7. The van der Waals surface area contributed by atoms with E-state index in [1.807, 2.05) is 16.8 Å². The molecule has 0 bridgehead atoms. The average molecular weight is 334 g/mol. The fourth-order valence-corrected chi connectivity index (χ4v) is 3.74. The van der Waals surface area contributed by atoms with Crippen molar-refractivity contribution in [2.45, 2.75) is 31.2 Å². The van der Waals surface area contributed by atoms with Crippen molar-refractivity contribution in [3.8, 4) is 11.4 Å². The minimum Gasteiger partial charge on any atom is -0.187 e. The second-order valence-corrected chi connectivity index (χ2v) is 7.41. The Bertz CT molecular complexity index is 925. The number of fused-ring (bicyclic) bond motifs is 1. The van der Waals surface area contributed by atoms with Crippen LogP contribution >= 0.6 is 11.8 Å². The van der Waals surface area contributed by atoms with E-state index >= 15 is 0 Å². The predicted octanol–water partition coefficient (Wildman–Crippen LogP) is 4.31. The third-order valence-corrected chi connectivity index (χ3v) is 5.15. The lowest BCUT2D eigenvalue weighted by Crippen LogP contribution is -2.21. The van der Waals surface area contributed by atoms with Gasteiger partial charge in [-0.05, 0) is 32.4 Å². The van der Waals surface area contributed by atoms with E-state index in [2.05, 4.69) is 67.4 Å². The average Bonchev–Trinajstić information content (AvgIpc) is 2.97. The maximum Gasteiger partial charge on any atom is 0.213 e. The van der Waals surface area contributed by atoms with Crippen molar-refractivity contribution in [2.24, 2.45) is 5.10 Å². The van der Waals surface area contributed by atoms with Gasteiger partial charge in [0.2, 0.25) is 5.16 Å². The van der Waals surface area contributed by atoms with Crippen molar-refractivity contribution in [1.29, 1.82) is 0 Å². The van der Waals surface area contributed by atoms with E-state index in [0.717, 1.165) is 27.8 Å². The highest BCUT2D eigenvalue weighted by atomic mass is 32.2. The first kappa shape index (κ1) is 15.1. The smallest absolute Gasteiger partial charge is 0.187 e. The molecule has 0 aliphatic carbocycles. The molecule has 1 atom stereocenters. The molecular formula is C19H18N4S. The number of benzene rings is 2. The van der Waals surface area contributed by atoms with Crippen LogP contribution in [0.15, 0.2) is 58.8 Å². The monoisotopic (exact) mass is 334 g/mol. The predicted molar refractivity (Wildman–Crippen MR) is 98.6 cm³/mol. The van der Waals surface area contributed by atoms with Crippen LogP contribution in [0.25, 0.3) is 11.4 Å². The molecule has 4 nitrogen and oxygen atoms in total. The van der Waals surface area contributed by atoms with E-state index < -0.39 is 0 Å². The maximum atomic E-state index is 4.88. The molecule has 5 heteroatoms. The van der Waals surface area contributed by atoms with Gasteiger partial charge < -0.3 is 0 Å². The summed E-state index contributed by atoms with van der Waals surface area (Å²) in [5.41, 5.74) is 5.69. The highest BCUT2D eigenvalue weighted by Gasteiger charge is 2.26. The van der Waals surface area contributed by atoms with Crippen LogP contribution in [0, 0.1) is 13.8 Å². The first-order chi connectivity index (χ1) is 11.6. The molecule has 0 saturated heterocycles. The van der Waals surface area contributed by atoms with Gasteiger partial charge in [0.15, 0.2) is 5.82 Å². The van der Waals surface area contributed by atoms with Gasteiger partial charge in [0, 0.05) is 5.56 Å². The number of aromatic nitrogens is 3. The second kappa shape index (κ2) is 5.91. The Balaban J connectivity index is 1.83. The molecule has 0 radical (unpaired) electrons. The van der Waals surface area contributed by atoms with Crippen LogP contribution in [0.4, 0.5) is 0 Å². The molecule has 3 aromatic rings. The quantitative estimate of drug-likeness (QED) is 0.701. The zero-order chi connectivity index (χ0) is 16.7. The summed E-state index contributed by atoms with van der Waals surface area (Å²) in [6, 6.07) is 16.8. The summed E-state index contributed by atoms with van der Waals surface area (Å²) in [6.45, 7) is 6.33. The lowest BCUT2D eigenvalue weighted by Gasteiger charge is -2.20. The van der Waals surface area contributed by atoms with Crippen LogP contribution in [0.3, 0.4) is 0 Å². The summed E-state index contributed by atoms with van der Waals surface area (Å²) in [5.74, 6) is 0.790. The normalized spacial score (nSPS) is 16.6. The maximum absolute atomic E-state index is 4.88. The summed E-state index contributed by atoms with van der Waals surface area (Å²) < 4.78 is 1.87. The minimum atomic E-state index is 0.245. The van der Waals surface area contributed by atoms with Gasteiger partial charge in [-0.2, -0.15) is 9.78 Å². The van der Waals surface area contributed by atoms with E-state index in [-0.39, 0.29) is 5.25 Å². The van der Waals surface area contributed by atoms with Crippen molar-refractivity contribution in [3.05, 3.63) is 65.2 Å². The number of hydrogen-bond acceptors (Lipinski definition) is 4. The Morgan fingerprint density at radius 1 is 0.917 bits per heavy atom.